The van der Waals surface area contributed by atoms with Crippen molar-refractivity contribution in [1.82, 2.24) is 4.57 Å². The lowest BCUT2D eigenvalue weighted by Gasteiger charge is -2.40. The van der Waals surface area contributed by atoms with E-state index in [4.69, 9.17) is 4.74 Å². The molecule has 3 aliphatic rings. The molecule has 37 heavy (non-hydrogen) atoms. The summed E-state index contributed by atoms with van der Waals surface area (Å²) < 4.78 is 7.13. The van der Waals surface area contributed by atoms with Gasteiger partial charge in [0.2, 0.25) is 5.91 Å². The zero-order valence-corrected chi connectivity index (χ0v) is 22.2. The molecule has 5 atom stereocenters. The SMILES string of the molecule is COc1ccc(C2c3sc(=O)n(CC(=O)Nc4cccc5ccccc45)c3SC3C4CCC(C4)C23)cc1. The molecule has 7 heteroatoms. The number of hydrogen-bond donors (Lipinski definition) is 1. The van der Waals surface area contributed by atoms with Gasteiger partial charge in [-0.1, -0.05) is 59.9 Å². The van der Waals surface area contributed by atoms with Crippen LogP contribution in [0.15, 0.2) is 76.6 Å². The van der Waals surface area contributed by atoms with Crippen molar-refractivity contribution in [2.45, 2.75) is 42.0 Å². The molecule has 2 heterocycles. The standard InChI is InChI=1S/C30H28N2O3S2/c1-35-21-13-11-18(12-14-21)25-26-19-9-10-20(15-19)27(26)36-29-28(25)37-30(34)32(29)16-24(33)31-23-8-4-6-17-5-2-3-7-22(17)23/h2-8,11-14,19-20,25-27H,9-10,15-16H2,1H3,(H,31,33). The summed E-state index contributed by atoms with van der Waals surface area (Å²) in [5.74, 6) is 2.82. The van der Waals surface area contributed by atoms with Gasteiger partial charge >= 0.3 is 4.87 Å². The van der Waals surface area contributed by atoms with E-state index in [1.165, 1.54) is 36.2 Å². The summed E-state index contributed by atoms with van der Waals surface area (Å²) in [4.78, 5) is 27.7. The van der Waals surface area contributed by atoms with E-state index in [9.17, 15) is 9.59 Å². The Hall–Kier alpha value is -3.03. The molecule has 2 aliphatic carbocycles. The fraction of sp³-hybridized carbons (Fsp3) is 0.333. The fourth-order valence-electron chi connectivity index (χ4n) is 6.94. The summed E-state index contributed by atoms with van der Waals surface area (Å²) in [6, 6.07) is 22.3. The van der Waals surface area contributed by atoms with E-state index < -0.39 is 0 Å². The summed E-state index contributed by atoms with van der Waals surface area (Å²) in [5.41, 5.74) is 2.02. The zero-order chi connectivity index (χ0) is 25.1. The van der Waals surface area contributed by atoms with Gasteiger partial charge in [0.1, 0.15) is 12.3 Å². The van der Waals surface area contributed by atoms with Crippen LogP contribution in [0.25, 0.3) is 10.8 Å². The first kappa shape index (κ1) is 23.1. The molecule has 1 aromatic heterocycles. The first-order valence-electron chi connectivity index (χ1n) is 12.9. The highest BCUT2D eigenvalue weighted by molar-refractivity contribution is 8.00. The minimum absolute atomic E-state index is 0.0295. The summed E-state index contributed by atoms with van der Waals surface area (Å²) in [5, 5.41) is 6.64. The van der Waals surface area contributed by atoms with Crippen molar-refractivity contribution in [1.29, 1.82) is 0 Å². The molecular weight excluding hydrogens is 500 g/mol. The summed E-state index contributed by atoms with van der Waals surface area (Å²) >= 11 is 3.20. The Morgan fingerprint density at radius 3 is 2.65 bits per heavy atom. The molecule has 1 aliphatic heterocycles. The van der Waals surface area contributed by atoms with Crippen LogP contribution in [0.1, 0.15) is 35.6 Å². The number of hydrogen-bond acceptors (Lipinski definition) is 5. The van der Waals surface area contributed by atoms with E-state index in [1.54, 1.807) is 11.7 Å². The molecule has 1 N–H and O–H groups in total. The zero-order valence-electron chi connectivity index (χ0n) is 20.6. The molecule has 2 bridgehead atoms. The maximum Gasteiger partial charge on any atom is 0.308 e. The molecule has 3 aromatic carbocycles. The number of methoxy groups -OCH3 is 1. The Balaban J connectivity index is 1.24. The largest absolute Gasteiger partial charge is 0.497 e. The highest BCUT2D eigenvalue weighted by Gasteiger charge is 2.55. The van der Waals surface area contributed by atoms with E-state index in [1.807, 2.05) is 66.4 Å². The fourth-order valence-corrected chi connectivity index (χ4v) is 10.1. The Bertz CT molecular complexity index is 1550. The number of carbonyl (C=O) groups is 1. The average Bonchev–Trinajstić information content (AvgIpc) is 3.62. The molecule has 7 rings (SSSR count). The van der Waals surface area contributed by atoms with Crippen LogP contribution in [-0.4, -0.2) is 22.8 Å². The summed E-state index contributed by atoms with van der Waals surface area (Å²) in [6.07, 6.45) is 3.85. The second-order valence-electron chi connectivity index (χ2n) is 10.4. The maximum atomic E-state index is 13.4. The molecule has 2 fully saturated rings. The van der Waals surface area contributed by atoms with E-state index >= 15 is 0 Å². The topological polar surface area (TPSA) is 60.3 Å². The molecule has 0 spiro atoms. The van der Waals surface area contributed by atoms with E-state index in [2.05, 4.69) is 17.4 Å². The van der Waals surface area contributed by atoms with Crippen LogP contribution < -0.4 is 14.9 Å². The van der Waals surface area contributed by atoms with Gasteiger partial charge in [-0.25, -0.2) is 0 Å². The monoisotopic (exact) mass is 528 g/mol. The van der Waals surface area contributed by atoms with Crippen LogP contribution in [-0.2, 0) is 11.3 Å². The van der Waals surface area contributed by atoms with Gasteiger partial charge in [-0.05, 0) is 66.2 Å². The van der Waals surface area contributed by atoms with Crippen molar-refractivity contribution in [2.24, 2.45) is 17.8 Å². The number of thiazole rings is 1. The molecule has 0 radical (unpaired) electrons. The number of anilines is 1. The number of nitrogens with one attached hydrogen (secondary N) is 1. The van der Waals surface area contributed by atoms with E-state index in [-0.39, 0.29) is 23.2 Å². The Morgan fingerprint density at radius 2 is 1.81 bits per heavy atom. The lowest BCUT2D eigenvalue weighted by atomic mass is 9.75. The van der Waals surface area contributed by atoms with Gasteiger partial charge in [-0.15, -0.1) is 11.8 Å². The second kappa shape index (κ2) is 9.07. The first-order valence-corrected chi connectivity index (χ1v) is 14.6. The van der Waals surface area contributed by atoms with Crippen LogP contribution in [0.2, 0.25) is 0 Å². The number of aromatic nitrogens is 1. The van der Waals surface area contributed by atoms with Crippen molar-refractivity contribution in [3.05, 3.63) is 86.8 Å². The Kier molecular flexibility index (Phi) is 5.66. The molecular formula is C30H28N2O3S2. The third kappa shape index (κ3) is 3.82. The summed E-state index contributed by atoms with van der Waals surface area (Å²) in [7, 11) is 1.69. The highest BCUT2D eigenvalue weighted by atomic mass is 32.2. The molecule has 4 aromatic rings. The lowest BCUT2D eigenvalue weighted by molar-refractivity contribution is -0.116. The van der Waals surface area contributed by atoms with Gasteiger partial charge < -0.3 is 10.1 Å². The predicted octanol–water partition coefficient (Wildman–Crippen LogP) is 6.36. The van der Waals surface area contributed by atoms with Gasteiger partial charge in [-0.2, -0.15) is 0 Å². The van der Waals surface area contributed by atoms with Crippen molar-refractivity contribution >= 4 is 45.5 Å². The predicted molar refractivity (Wildman–Crippen MR) is 150 cm³/mol. The quantitative estimate of drug-likeness (QED) is 0.327. The molecule has 5 unspecified atom stereocenters. The molecule has 5 nitrogen and oxygen atoms in total. The maximum absolute atomic E-state index is 13.4. The molecule has 1 amide bonds. The number of benzene rings is 3. The van der Waals surface area contributed by atoms with Crippen LogP contribution in [0.4, 0.5) is 5.69 Å². The van der Waals surface area contributed by atoms with Crippen LogP contribution in [0, 0.1) is 17.8 Å². The number of carbonyl (C=O) groups excluding carboxylic acids is 1. The van der Waals surface area contributed by atoms with Crippen molar-refractivity contribution in [3.63, 3.8) is 0 Å². The van der Waals surface area contributed by atoms with Crippen LogP contribution in [0.3, 0.4) is 0 Å². The number of nitrogens with zero attached hydrogens (tertiary/aromatic N) is 1. The van der Waals surface area contributed by atoms with Crippen molar-refractivity contribution in [2.75, 3.05) is 12.4 Å². The highest BCUT2D eigenvalue weighted by Crippen LogP contribution is 2.64. The van der Waals surface area contributed by atoms with Gasteiger partial charge in [0, 0.05) is 27.1 Å². The second-order valence-corrected chi connectivity index (χ2v) is 12.6. The summed E-state index contributed by atoms with van der Waals surface area (Å²) in [6.45, 7) is 0.0295. The van der Waals surface area contributed by atoms with Gasteiger partial charge in [0.15, 0.2) is 0 Å². The number of fused-ring (bicyclic) bond motifs is 7. The third-order valence-electron chi connectivity index (χ3n) is 8.53. The lowest BCUT2D eigenvalue weighted by Crippen LogP contribution is -2.34. The van der Waals surface area contributed by atoms with Crippen molar-refractivity contribution < 1.29 is 9.53 Å². The Morgan fingerprint density at radius 1 is 1.03 bits per heavy atom. The Labute approximate surface area is 223 Å². The number of thioether (sulfide) groups is 1. The minimum atomic E-state index is -0.171. The first-order chi connectivity index (χ1) is 18.1. The van der Waals surface area contributed by atoms with Crippen LogP contribution in [0.5, 0.6) is 5.75 Å². The van der Waals surface area contributed by atoms with Gasteiger partial charge in [0.25, 0.3) is 0 Å². The van der Waals surface area contributed by atoms with Crippen LogP contribution >= 0.6 is 23.1 Å². The molecule has 188 valence electrons. The third-order valence-corrected chi connectivity index (χ3v) is 11.4. The minimum Gasteiger partial charge on any atom is -0.497 e. The van der Waals surface area contributed by atoms with Crippen molar-refractivity contribution in [3.8, 4) is 5.75 Å². The average molecular weight is 529 g/mol. The number of amides is 1. The smallest absolute Gasteiger partial charge is 0.308 e. The normalized spacial score (nSPS) is 25.6. The van der Waals surface area contributed by atoms with E-state index in [0.29, 0.717) is 23.0 Å². The van der Waals surface area contributed by atoms with E-state index in [0.717, 1.165) is 32.1 Å². The number of rotatable bonds is 5. The van der Waals surface area contributed by atoms with Gasteiger partial charge in [0.05, 0.1) is 12.1 Å². The van der Waals surface area contributed by atoms with Gasteiger partial charge in [-0.3, -0.25) is 14.2 Å². The molecule has 0 saturated heterocycles. The molecule has 2 saturated carbocycles. The number of ether oxygens (including phenoxy) is 1.